The van der Waals surface area contributed by atoms with Crippen LogP contribution in [0.5, 0.6) is 0 Å². The first kappa shape index (κ1) is 15.2. The van der Waals surface area contributed by atoms with Crippen LogP contribution in [0.15, 0.2) is 0 Å². The van der Waals surface area contributed by atoms with E-state index in [0.717, 1.165) is 0 Å². The maximum absolute atomic E-state index is 12.3. The van der Waals surface area contributed by atoms with Crippen molar-refractivity contribution < 1.29 is 23.5 Å². The molecule has 0 aliphatic carbocycles. The number of rotatable bonds is 6. The highest BCUT2D eigenvalue weighted by Crippen LogP contribution is 2.59. The summed E-state index contributed by atoms with van der Waals surface area (Å²) in [4.78, 5) is 11.2. The largest absolute Gasteiger partial charge is 0.480 e. The summed E-state index contributed by atoms with van der Waals surface area (Å²) in [6.45, 7) is 6.17. The van der Waals surface area contributed by atoms with Crippen molar-refractivity contribution in [3.05, 3.63) is 0 Å². The molecule has 0 aromatic heterocycles. The minimum absolute atomic E-state index is 0.103. The predicted octanol–water partition coefficient (Wildman–Crippen LogP) is 2.12. The van der Waals surface area contributed by atoms with Gasteiger partial charge in [-0.2, -0.15) is 0 Å². The van der Waals surface area contributed by atoms with E-state index in [1.165, 1.54) is 13.8 Å². The minimum Gasteiger partial charge on any atom is -0.480 e. The molecule has 92 valence electrons. The summed E-state index contributed by atoms with van der Waals surface area (Å²) in [5.74, 6) is 3.54. The zero-order valence-electron chi connectivity index (χ0n) is 9.94. The summed E-state index contributed by atoms with van der Waals surface area (Å²) < 4.78 is 22.3. The predicted molar refractivity (Wildman–Crippen MR) is 60.3 cm³/mol. The van der Waals surface area contributed by atoms with E-state index in [-0.39, 0.29) is 13.2 Å². The van der Waals surface area contributed by atoms with E-state index < -0.39 is 18.7 Å². The van der Waals surface area contributed by atoms with Crippen LogP contribution in [0.25, 0.3) is 0 Å². The molecule has 0 rings (SSSR count). The van der Waals surface area contributed by atoms with Gasteiger partial charge >= 0.3 is 13.6 Å². The summed E-state index contributed by atoms with van der Waals surface area (Å²) in [6, 6.07) is 0. The molecule has 0 saturated heterocycles. The van der Waals surface area contributed by atoms with Gasteiger partial charge in [0.2, 0.25) is 5.16 Å². The summed E-state index contributed by atoms with van der Waals surface area (Å²) in [5, 5.41) is 7.29. The molecule has 16 heavy (non-hydrogen) atoms. The van der Waals surface area contributed by atoms with Crippen molar-refractivity contribution in [3.8, 4) is 11.8 Å². The summed E-state index contributed by atoms with van der Waals surface area (Å²) in [7, 11) is -3.79. The molecule has 0 radical (unpaired) electrons. The molecule has 0 spiro atoms. The first-order valence-corrected chi connectivity index (χ1v) is 6.48. The van der Waals surface area contributed by atoms with Crippen molar-refractivity contribution >= 4 is 13.6 Å². The second-order valence-electron chi connectivity index (χ2n) is 3.09. The standard InChI is InChI=1S/C10H17O5P/c1-5-8-10(4,9(11)12)16(13,14-6-2)15-7-3/h6-7H2,1-4H3,(H,11,12). The molecule has 0 aliphatic heterocycles. The summed E-state index contributed by atoms with van der Waals surface area (Å²) >= 11 is 0. The lowest BCUT2D eigenvalue weighted by molar-refractivity contribution is -0.138. The van der Waals surface area contributed by atoms with Gasteiger partial charge in [0.05, 0.1) is 13.2 Å². The fraction of sp³-hybridized carbons (Fsp3) is 0.700. The van der Waals surface area contributed by atoms with Crippen LogP contribution in [-0.4, -0.2) is 29.4 Å². The van der Waals surface area contributed by atoms with Gasteiger partial charge in [-0.05, 0) is 27.7 Å². The van der Waals surface area contributed by atoms with Crippen molar-refractivity contribution in [1.82, 2.24) is 0 Å². The van der Waals surface area contributed by atoms with Crippen molar-refractivity contribution in [3.63, 3.8) is 0 Å². The molecular formula is C10H17O5P. The molecule has 0 aromatic rings. The van der Waals surface area contributed by atoms with Crippen LogP contribution < -0.4 is 0 Å². The van der Waals surface area contributed by atoms with Crippen molar-refractivity contribution in [2.24, 2.45) is 0 Å². The lowest BCUT2D eigenvalue weighted by Crippen LogP contribution is -2.35. The Kier molecular flexibility index (Phi) is 5.74. The zero-order valence-corrected chi connectivity index (χ0v) is 10.8. The Bertz CT molecular complexity index is 344. The molecular weight excluding hydrogens is 231 g/mol. The lowest BCUT2D eigenvalue weighted by atomic mass is 10.2. The van der Waals surface area contributed by atoms with Crippen molar-refractivity contribution in [2.75, 3.05) is 13.2 Å². The number of hydrogen-bond acceptors (Lipinski definition) is 4. The minimum atomic E-state index is -3.79. The van der Waals surface area contributed by atoms with Crippen LogP contribution in [0, 0.1) is 11.8 Å². The highest BCUT2D eigenvalue weighted by molar-refractivity contribution is 7.57. The number of carboxylic acid groups (broad SMARTS) is 1. The molecule has 1 unspecified atom stereocenters. The number of carboxylic acids is 1. The van der Waals surface area contributed by atoms with E-state index in [1.54, 1.807) is 13.8 Å². The van der Waals surface area contributed by atoms with Gasteiger partial charge in [-0.25, -0.2) is 4.79 Å². The van der Waals surface area contributed by atoms with E-state index in [9.17, 15) is 9.36 Å². The molecule has 1 atom stereocenters. The van der Waals surface area contributed by atoms with Gasteiger partial charge in [-0.15, -0.1) is 5.92 Å². The molecule has 6 heteroatoms. The van der Waals surface area contributed by atoms with Gasteiger partial charge in [0.15, 0.2) is 0 Å². The van der Waals surface area contributed by atoms with Gasteiger partial charge in [0.25, 0.3) is 0 Å². The second-order valence-corrected chi connectivity index (χ2v) is 5.49. The third-order valence-electron chi connectivity index (χ3n) is 1.93. The van der Waals surface area contributed by atoms with E-state index in [0.29, 0.717) is 0 Å². The molecule has 0 amide bonds. The maximum atomic E-state index is 12.3. The SMILES string of the molecule is CC#CC(C)(C(=O)O)P(=O)(OCC)OCC. The maximum Gasteiger partial charge on any atom is 0.359 e. The van der Waals surface area contributed by atoms with Crippen LogP contribution in [-0.2, 0) is 18.4 Å². The highest BCUT2D eigenvalue weighted by atomic mass is 31.2. The average Bonchev–Trinajstić information content (AvgIpc) is 2.18. The molecule has 0 bridgehead atoms. The monoisotopic (exact) mass is 248 g/mol. The van der Waals surface area contributed by atoms with E-state index >= 15 is 0 Å². The number of hydrogen-bond donors (Lipinski definition) is 1. The quantitative estimate of drug-likeness (QED) is 0.575. The van der Waals surface area contributed by atoms with Gasteiger partial charge in [-0.3, -0.25) is 4.57 Å². The Hall–Kier alpha value is -0.820. The van der Waals surface area contributed by atoms with Crippen LogP contribution in [0.1, 0.15) is 27.7 Å². The smallest absolute Gasteiger partial charge is 0.359 e. The van der Waals surface area contributed by atoms with Crippen LogP contribution in [0.3, 0.4) is 0 Å². The summed E-state index contributed by atoms with van der Waals surface area (Å²) in [6.07, 6.45) is 0. The van der Waals surface area contributed by atoms with Crippen LogP contribution in [0.2, 0.25) is 0 Å². The fourth-order valence-electron chi connectivity index (χ4n) is 1.12. The van der Waals surface area contributed by atoms with E-state index in [4.69, 9.17) is 14.2 Å². The third-order valence-corrected chi connectivity index (χ3v) is 4.53. The van der Waals surface area contributed by atoms with E-state index in [2.05, 4.69) is 11.8 Å². The van der Waals surface area contributed by atoms with Gasteiger partial charge in [0, 0.05) is 0 Å². The Morgan fingerprint density at radius 3 is 2.06 bits per heavy atom. The zero-order chi connectivity index (χ0) is 12.8. The van der Waals surface area contributed by atoms with Gasteiger partial charge < -0.3 is 14.2 Å². The first-order valence-electron chi connectivity index (χ1n) is 4.94. The molecule has 1 N–H and O–H groups in total. The molecule has 0 aromatic carbocycles. The Labute approximate surface area is 95.7 Å². The Balaban J connectivity index is 5.49. The fourth-order valence-corrected chi connectivity index (χ4v) is 2.87. The van der Waals surface area contributed by atoms with Crippen molar-refractivity contribution in [1.29, 1.82) is 0 Å². The molecule has 5 nitrogen and oxygen atoms in total. The number of aliphatic carboxylic acids is 1. The molecule has 0 aliphatic rings. The highest BCUT2D eigenvalue weighted by Gasteiger charge is 2.52. The third kappa shape index (κ3) is 2.85. The number of carbonyl (C=O) groups is 1. The molecule has 0 heterocycles. The van der Waals surface area contributed by atoms with E-state index in [1.807, 2.05) is 0 Å². The lowest BCUT2D eigenvalue weighted by Gasteiger charge is -2.27. The Morgan fingerprint density at radius 2 is 1.81 bits per heavy atom. The molecule has 0 saturated carbocycles. The summed E-state index contributed by atoms with van der Waals surface area (Å²) in [5.41, 5.74) is 0. The second kappa shape index (κ2) is 6.05. The molecule has 0 fully saturated rings. The topological polar surface area (TPSA) is 72.8 Å². The van der Waals surface area contributed by atoms with Crippen LogP contribution in [0.4, 0.5) is 0 Å². The average molecular weight is 248 g/mol. The van der Waals surface area contributed by atoms with Gasteiger partial charge in [0.1, 0.15) is 0 Å². The van der Waals surface area contributed by atoms with Crippen molar-refractivity contribution in [2.45, 2.75) is 32.9 Å². The van der Waals surface area contributed by atoms with Gasteiger partial charge in [-0.1, -0.05) is 5.92 Å². The van der Waals surface area contributed by atoms with Crippen LogP contribution >= 0.6 is 7.60 Å². The first-order chi connectivity index (χ1) is 7.38. The normalized spacial score (nSPS) is 14.8. The Morgan fingerprint density at radius 1 is 1.38 bits per heavy atom.